The van der Waals surface area contributed by atoms with Crippen LogP contribution in [0.2, 0.25) is 0 Å². The van der Waals surface area contributed by atoms with Gasteiger partial charge in [0.05, 0.1) is 6.10 Å². The summed E-state index contributed by atoms with van der Waals surface area (Å²) >= 11 is 0. The summed E-state index contributed by atoms with van der Waals surface area (Å²) < 4.78 is 0. The van der Waals surface area contributed by atoms with Crippen molar-refractivity contribution in [3.05, 3.63) is 23.3 Å². The van der Waals surface area contributed by atoms with Crippen LogP contribution in [-0.4, -0.2) is 17.0 Å². The van der Waals surface area contributed by atoms with Crippen LogP contribution in [-0.2, 0) is 4.79 Å². The quantitative estimate of drug-likeness (QED) is 0.685. The van der Waals surface area contributed by atoms with E-state index in [0.717, 1.165) is 38.5 Å². The maximum atomic E-state index is 11.9. The van der Waals surface area contributed by atoms with Gasteiger partial charge in [0.1, 0.15) is 5.78 Å². The second-order valence-corrected chi connectivity index (χ2v) is 8.62. The lowest BCUT2D eigenvalue weighted by atomic mass is 9.50. The Hall–Kier alpha value is -0.890. The van der Waals surface area contributed by atoms with Crippen molar-refractivity contribution in [1.29, 1.82) is 0 Å². The molecule has 2 fully saturated rings. The highest BCUT2D eigenvalue weighted by molar-refractivity contribution is 5.83. The molecule has 2 nitrogen and oxygen atoms in total. The molecule has 0 amide bonds. The molecular formula is C20H28O2. The molecule has 0 heterocycles. The van der Waals surface area contributed by atoms with E-state index in [9.17, 15) is 9.90 Å². The number of allylic oxidation sites excluding steroid dienone is 3. The maximum absolute atomic E-state index is 11.9. The summed E-state index contributed by atoms with van der Waals surface area (Å²) in [6.45, 7) is 9.11. The number of fused-ring (bicyclic) bond motifs is 4. The fourth-order valence-corrected chi connectivity index (χ4v) is 6.43. The third-order valence-electron chi connectivity index (χ3n) is 7.40. The Morgan fingerprint density at radius 3 is 2.82 bits per heavy atom. The van der Waals surface area contributed by atoms with Crippen molar-refractivity contribution in [1.82, 2.24) is 0 Å². The maximum Gasteiger partial charge on any atom is 0.137 e. The lowest BCUT2D eigenvalue weighted by Gasteiger charge is -2.54. The first-order chi connectivity index (χ1) is 10.4. The van der Waals surface area contributed by atoms with Crippen molar-refractivity contribution >= 4 is 5.78 Å². The minimum atomic E-state index is -0.161. The van der Waals surface area contributed by atoms with Crippen molar-refractivity contribution in [2.45, 2.75) is 64.9 Å². The number of aliphatic hydroxyl groups excluding tert-OH is 1. The van der Waals surface area contributed by atoms with Gasteiger partial charge in [0.25, 0.3) is 0 Å². The Bertz CT molecular complexity index is 572. The Labute approximate surface area is 133 Å². The number of ketones is 1. The highest BCUT2D eigenvalue weighted by Gasteiger charge is 2.57. The molecule has 0 spiro atoms. The number of hydrogen-bond acceptors (Lipinski definition) is 2. The van der Waals surface area contributed by atoms with Gasteiger partial charge in [0, 0.05) is 24.2 Å². The second-order valence-electron chi connectivity index (χ2n) is 8.62. The zero-order chi connectivity index (χ0) is 15.6. The van der Waals surface area contributed by atoms with E-state index < -0.39 is 0 Å². The Morgan fingerprint density at radius 2 is 2.05 bits per heavy atom. The third kappa shape index (κ3) is 1.86. The summed E-state index contributed by atoms with van der Waals surface area (Å²) in [5.74, 6) is 2.79. The SMILES string of the molecule is C=C1C[C@@]2(C)C(CC[C@@H]2O)C2C1C1=C(CC(=O)CC1)C[C@H]2C. The molecule has 120 valence electrons. The van der Waals surface area contributed by atoms with Gasteiger partial charge in [-0.05, 0) is 49.9 Å². The van der Waals surface area contributed by atoms with Crippen molar-refractivity contribution in [2.24, 2.45) is 29.1 Å². The minimum Gasteiger partial charge on any atom is -0.393 e. The van der Waals surface area contributed by atoms with E-state index in [1.807, 2.05) is 0 Å². The first-order valence-electron chi connectivity index (χ1n) is 9.00. The van der Waals surface area contributed by atoms with Crippen LogP contribution in [0.15, 0.2) is 23.3 Å². The third-order valence-corrected chi connectivity index (χ3v) is 7.40. The number of rotatable bonds is 0. The molecule has 0 saturated heterocycles. The van der Waals surface area contributed by atoms with Gasteiger partial charge in [-0.1, -0.05) is 37.1 Å². The normalized spacial score (nSPS) is 48.0. The highest BCUT2D eigenvalue weighted by atomic mass is 16.3. The highest BCUT2D eigenvalue weighted by Crippen LogP contribution is 2.63. The van der Waals surface area contributed by atoms with E-state index in [-0.39, 0.29) is 11.5 Å². The topological polar surface area (TPSA) is 37.3 Å². The fourth-order valence-electron chi connectivity index (χ4n) is 6.43. The molecule has 0 aromatic carbocycles. The fraction of sp³-hybridized carbons (Fsp3) is 0.750. The Morgan fingerprint density at radius 1 is 1.27 bits per heavy atom. The van der Waals surface area contributed by atoms with Gasteiger partial charge in [0.15, 0.2) is 0 Å². The zero-order valence-corrected chi connectivity index (χ0v) is 13.9. The predicted molar refractivity (Wildman–Crippen MR) is 87.2 cm³/mol. The van der Waals surface area contributed by atoms with E-state index in [1.54, 1.807) is 5.57 Å². The summed E-state index contributed by atoms with van der Waals surface area (Å²) in [6, 6.07) is 0. The minimum absolute atomic E-state index is 0.0368. The van der Waals surface area contributed by atoms with Gasteiger partial charge in [-0.2, -0.15) is 0 Å². The molecule has 0 bridgehead atoms. The number of carbonyl (C=O) groups excluding carboxylic acids is 1. The van der Waals surface area contributed by atoms with Gasteiger partial charge in [0.2, 0.25) is 0 Å². The van der Waals surface area contributed by atoms with Crippen LogP contribution < -0.4 is 0 Å². The van der Waals surface area contributed by atoms with E-state index in [1.165, 1.54) is 11.1 Å². The van der Waals surface area contributed by atoms with Gasteiger partial charge in [-0.15, -0.1) is 0 Å². The lowest BCUT2D eigenvalue weighted by Crippen LogP contribution is -2.48. The molecule has 6 atom stereocenters. The van der Waals surface area contributed by atoms with Crippen LogP contribution in [0, 0.1) is 29.1 Å². The van der Waals surface area contributed by atoms with E-state index >= 15 is 0 Å². The summed E-state index contributed by atoms with van der Waals surface area (Å²) in [5, 5.41) is 10.5. The second kappa shape index (κ2) is 4.80. The largest absolute Gasteiger partial charge is 0.393 e. The first-order valence-corrected chi connectivity index (χ1v) is 9.00. The first kappa shape index (κ1) is 14.7. The molecule has 3 unspecified atom stereocenters. The van der Waals surface area contributed by atoms with Gasteiger partial charge < -0.3 is 5.11 Å². The van der Waals surface area contributed by atoms with E-state index in [4.69, 9.17) is 0 Å². The Balaban J connectivity index is 1.77. The molecule has 0 aromatic rings. The molecule has 0 radical (unpaired) electrons. The molecule has 1 N–H and O–H groups in total. The summed E-state index contributed by atoms with van der Waals surface area (Å²) in [6.07, 6.45) is 6.41. The van der Waals surface area contributed by atoms with Gasteiger partial charge >= 0.3 is 0 Å². The smallest absolute Gasteiger partial charge is 0.137 e. The molecular weight excluding hydrogens is 272 g/mol. The molecule has 22 heavy (non-hydrogen) atoms. The monoisotopic (exact) mass is 300 g/mol. The van der Waals surface area contributed by atoms with Gasteiger partial charge in [-0.3, -0.25) is 4.79 Å². The van der Waals surface area contributed by atoms with Crippen molar-refractivity contribution in [3.63, 3.8) is 0 Å². The molecule has 4 rings (SSSR count). The summed E-state index contributed by atoms with van der Waals surface area (Å²) in [4.78, 5) is 11.9. The van der Waals surface area contributed by atoms with Crippen LogP contribution in [0.5, 0.6) is 0 Å². The van der Waals surface area contributed by atoms with Crippen LogP contribution in [0.4, 0.5) is 0 Å². The van der Waals surface area contributed by atoms with Crippen molar-refractivity contribution < 1.29 is 9.90 Å². The van der Waals surface area contributed by atoms with Crippen LogP contribution in [0.1, 0.15) is 58.8 Å². The number of hydrogen-bond donors (Lipinski definition) is 1. The molecule has 0 aliphatic heterocycles. The standard InChI is InChI=1S/C20H28O2/c1-11-8-13-9-14(21)4-5-15(13)18-12(2)10-20(3)16(19(11)18)6-7-17(20)22/h11,16-19,22H,2,4-10H2,1,3H3/t11-,16?,17+,18?,19?,20+/m1/s1. The van der Waals surface area contributed by atoms with E-state index in [2.05, 4.69) is 20.4 Å². The predicted octanol–water partition coefficient (Wildman–Crippen LogP) is 4.05. The molecule has 0 aromatic heterocycles. The van der Waals surface area contributed by atoms with Crippen LogP contribution in [0.3, 0.4) is 0 Å². The number of carbonyl (C=O) groups is 1. The summed E-state index contributed by atoms with van der Waals surface area (Å²) in [5.41, 5.74) is 4.37. The zero-order valence-electron chi connectivity index (χ0n) is 13.9. The Kier molecular flexibility index (Phi) is 3.21. The molecule has 4 aliphatic carbocycles. The average Bonchev–Trinajstić information content (AvgIpc) is 2.74. The van der Waals surface area contributed by atoms with E-state index in [0.29, 0.717) is 35.9 Å². The van der Waals surface area contributed by atoms with Crippen LogP contribution >= 0.6 is 0 Å². The number of Topliss-reactive ketones (excluding diaryl/α,β-unsaturated/α-hetero) is 1. The average molecular weight is 300 g/mol. The molecule has 2 heteroatoms. The molecule has 4 aliphatic rings. The van der Waals surface area contributed by atoms with Crippen molar-refractivity contribution in [3.8, 4) is 0 Å². The lowest BCUT2D eigenvalue weighted by molar-refractivity contribution is -0.119. The number of aliphatic hydroxyl groups is 1. The summed E-state index contributed by atoms with van der Waals surface area (Å²) in [7, 11) is 0. The molecule has 2 saturated carbocycles. The van der Waals surface area contributed by atoms with Gasteiger partial charge in [-0.25, -0.2) is 0 Å². The van der Waals surface area contributed by atoms with Crippen molar-refractivity contribution in [2.75, 3.05) is 0 Å². The van der Waals surface area contributed by atoms with Crippen LogP contribution in [0.25, 0.3) is 0 Å².